The van der Waals surface area contributed by atoms with Crippen LogP contribution in [0.3, 0.4) is 0 Å². The maximum absolute atomic E-state index is 6.17. The molecule has 0 spiro atoms. The van der Waals surface area contributed by atoms with E-state index in [-0.39, 0.29) is 6.10 Å². The van der Waals surface area contributed by atoms with E-state index in [1.54, 1.807) is 0 Å². The van der Waals surface area contributed by atoms with Crippen LogP contribution in [0.5, 0.6) is 5.75 Å². The molecule has 2 unspecified atom stereocenters. The van der Waals surface area contributed by atoms with E-state index < -0.39 is 0 Å². The van der Waals surface area contributed by atoms with Crippen LogP contribution in [-0.4, -0.2) is 16.1 Å². The van der Waals surface area contributed by atoms with Gasteiger partial charge in [0, 0.05) is 25.1 Å². The summed E-state index contributed by atoms with van der Waals surface area (Å²) in [5, 5.41) is 3.63. The second-order valence-electron chi connectivity index (χ2n) is 5.32. The van der Waals surface area contributed by atoms with Crippen molar-refractivity contribution in [1.82, 2.24) is 14.9 Å². The molecule has 2 aromatic rings. The Kier molecular flexibility index (Phi) is 3.74. The first-order valence-corrected chi connectivity index (χ1v) is 7.24. The summed E-state index contributed by atoms with van der Waals surface area (Å²) in [7, 11) is 2.01. The van der Waals surface area contributed by atoms with Crippen molar-refractivity contribution in [2.24, 2.45) is 7.05 Å². The highest BCUT2D eigenvalue weighted by molar-refractivity contribution is 5.38. The number of rotatable bonds is 4. The van der Waals surface area contributed by atoms with Crippen LogP contribution in [0.1, 0.15) is 43.2 Å². The number of aromatic nitrogens is 2. The van der Waals surface area contributed by atoms with Crippen molar-refractivity contribution in [2.45, 2.75) is 31.9 Å². The molecular weight excluding hydrogens is 250 g/mol. The lowest BCUT2D eigenvalue weighted by atomic mass is 9.95. The van der Waals surface area contributed by atoms with E-state index in [0.717, 1.165) is 30.8 Å². The second-order valence-corrected chi connectivity index (χ2v) is 5.32. The summed E-state index contributed by atoms with van der Waals surface area (Å²) in [6, 6.07) is 8.66. The van der Waals surface area contributed by atoms with Crippen molar-refractivity contribution in [2.75, 3.05) is 6.54 Å². The normalized spacial score (nSPS) is 21.3. The molecule has 0 fully saturated rings. The maximum atomic E-state index is 6.17. The first-order valence-electron chi connectivity index (χ1n) is 7.24. The monoisotopic (exact) mass is 271 g/mol. The summed E-state index contributed by atoms with van der Waals surface area (Å²) < 4.78 is 8.20. The van der Waals surface area contributed by atoms with E-state index in [1.807, 2.05) is 30.2 Å². The lowest BCUT2D eigenvalue weighted by Crippen LogP contribution is -2.30. The predicted molar refractivity (Wildman–Crippen MR) is 78.7 cm³/mol. The fourth-order valence-corrected chi connectivity index (χ4v) is 2.79. The van der Waals surface area contributed by atoms with Gasteiger partial charge < -0.3 is 14.6 Å². The number of para-hydroxylation sites is 1. The number of hydrogen-bond acceptors (Lipinski definition) is 3. The molecule has 1 aliphatic heterocycles. The fraction of sp³-hybridized carbons (Fsp3) is 0.438. The minimum Gasteiger partial charge on any atom is -0.484 e. The van der Waals surface area contributed by atoms with Gasteiger partial charge in [0.1, 0.15) is 11.9 Å². The van der Waals surface area contributed by atoms with Gasteiger partial charge in [-0.15, -0.1) is 0 Å². The molecule has 1 aliphatic rings. The Balaban J connectivity index is 1.90. The van der Waals surface area contributed by atoms with E-state index in [0.29, 0.717) is 6.04 Å². The largest absolute Gasteiger partial charge is 0.484 e. The Morgan fingerprint density at radius 3 is 3.00 bits per heavy atom. The lowest BCUT2D eigenvalue weighted by molar-refractivity contribution is 0.144. The Bertz CT molecular complexity index is 579. The summed E-state index contributed by atoms with van der Waals surface area (Å²) in [4.78, 5) is 4.20. The van der Waals surface area contributed by atoms with E-state index in [1.165, 1.54) is 5.56 Å². The van der Waals surface area contributed by atoms with Crippen molar-refractivity contribution in [1.29, 1.82) is 0 Å². The van der Waals surface area contributed by atoms with Gasteiger partial charge in [-0.2, -0.15) is 0 Å². The molecule has 0 saturated heterocycles. The third-order valence-electron chi connectivity index (χ3n) is 3.84. The molecule has 0 bridgehead atoms. The third-order valence-corrected chi connectivity index (χ3v) is 3.84. The average molecular weight is 271 g/mol. The third kappa shape index (κ3) is 2.43. The molecule has 0 amide bonds. The molecule has 4 heteroatoms. The van der Waals surface area contributed by atoms with Crippen molar-refractivity contribution in [3.8, 4) is 5.75 Å². The van der Waals surface area contributed by atoms with Gasteiger partial charge in [-0.25, -0.2) is 4.98 Å². The van der Waals surface area contributed by atoms with Gasteiger partial charge in [0.05, 0.1) is 18.2 Å². The Labute approximate surface area is 119 Å². The van der Waals surface area contributed by atoms with Gasteiger partial charge in [0.25, 0.3) is 0 Å². The van der Waals surface area contributed by atoms with E-state index in [4.69, 9.17) is 4.74 Å². The SMILES string of the molecule is CCCNC1CC(c2cncn2C)Oc2ccccc21. The molecule has 2 atom stereocenters. The van der Waals surface area contributed by atoms with Gasteiger partial charge in [0.15, 0.2) is 0 Å². The van der Waals surface area contributed by atoms with Crippen LogP contribution in [0.2, 0.25) is 0 Å². The van der Waals surface area contributed by atoms with Crippen molar-refractivity contribution in [3.05, 3.63) is 48.0 Å². The summed E-state index contributed by atoms with van der Waals surface area (Å²) in [6.07, 6.45) is 5.86. The molecule has 4 nitrogen and oxygen atoms in total. The van der Waals surface area contributed by atoms with Gasteiger partial charge >= 0.3 is 0 Å². The number of fused-ring (bicyclic) bond motifs is 1. The minimum absolute atomic E-state index is 0.0618. The van der Waals surface area contributed by atoms with Gasteiger partial charge in [0.2, 0.25) is 0 Å². The topological polar surface area (TPSA) is 39.1 Å². The van der Waals surface area contributed by atoms with E-state index in [2.05, 4.69) is 35.4 Å². The highest BCUT2D eigenvalue weighted by Gasteiger charge is 2.30. The molecule has 0 aliphatic carbocycles. The second kappa shape index (κ2) is 5.67. The fourth-order valence-electron chi connectivity index (χ4n) is 2.79. The molecule has 2 heterocycles. The van der Waals surface area contributed by atoms with Crippen molar-refractivity contribution in [3.63, 3.8) is 0 Å². The van der Waals surface area contributed by atoms with Crippen LogP contribution >= 0.6 is 0 Å². The van der Waals surface area contributed by atoms with Crippen molar-refractivity contribution >= 4 is 0 Å². The van der Waals surface area contributed by atoms with Crippen LogP contribution < -0.4 is 10.1 Å². The Morgan fingerprint density at radius 1 is 1.40 bits per heavy atom. The maximum Gasteiger partial charge on any atom is 0.142 e. The van der Waals surface area contributed by atoms with Crippen LogP contribution in [0, 0.1) is 0 Å². The molecule has 106 valence electrons. The number of ether oxygens (including phenoxy) is 1. The highest BCUT2D eigenvalue weighted by atomic mass is 16.5. The summed E-state index contributed by atoms with van der Waals surface area (Å²) in [5.41, 5.74) is 2.39. The molecule has 1 N–H and O–H groups in total. The summed E-state index contributed by atoms with van der Waals surface area (Å²) in [5.74, 6) is 0.985. The number of nitrogens with one attached hydrogen (secondary N) is 1. The highest BCUT2D eigenvalue weighted by Crippen LogP contribution is 2.40. The number of hydrogen-bond donors (Lipinski definition) is 1. The molecule has 20 heavy (non-hydrogen) atoms. The number of benzene rings is 1. The lowest BCUT2D eigenvalue weighted by Gasteiger charge is -2.32. The Hall–Kier alpha value is -1.81. The number of nitrogens with zero attached hydrogens (tertiary/aromatic N) is 2. The van der Waals surface area contributed by atoms with Gasteiger partial charge in [-0.05, 0) is 19.0 Å². The first kappa shape index (κ1) is 13.2. The quantitative estimate of drug-likeness (QED) is 0.929. The van der Waals surface area contributed by atoms with Gasteiger partial charge in [-0.1, -0.05) is 25.1 Å². The molecule has 1 aromatic heterocycles. The minimum atomic E-state index is 0.0618. The Morgan fingerprint density at radius 2 is 2.25 bits per heavy atom. The zero-order valence-corrected chi connectivity index (χ0v) is 12.0. The molecule has 0 saturated carbocycles. The zero-order chi connectivity index (χ0) is 13.9. The van der Waals surface area contributed by atoms with Crippen molar-refractivity contribution < 1.29 is 4.74 Å². The van der Waals surface area contributed by atoms with Crippen LogP contribution in [0.4, 0.5) is 0 Å². The van der Waals surface area contributed by atoms with E-state index in [9.17, 15) is 0 Å². The molecule has 3 rings (SSSR count). The van der Waals surface area contributed by atoms with Crippen LogP contribution in [0.15, 0.2) is 36.8 Å². The molecular formula is C16H21N3O. The predicted octanol–water partition coefficient (Wildman–Crippen LogP) is 2.98. The molecule has 0 radical (unpaired) electrons. The first-order chi connectivity index (χ1) is 9.79. The number of aryl methyl sites for hydroxylation is 1. The standard InChI is InChI=1S/C16H21N3O/c1-3-8-18-13-9-16(14-10-17-11-19(14)2)20-15-7-5-4-6-12(13)15/h4-7,10-11,13,16,18H,3,8-9H2,1-2H3. The average Bonchev–Trinajstić information content (AvgIpc) is 2.90. The number of imidazole rings is 1. The smallest absolute Gasteiger partial charge is 0.142 e. The molecule has 1 aromatic carbocycles. The zero-order valence-electron chi connectivity index (χ0n) is 12.0. The van der Waals surface area contributed by atoms with Crippen LogP contribution in [0.25, 0.3) is 0 Å². The van der Waals surface area contributed by atoms with Crippen LogP contribution in [-0.2, 0) is 7.05 Å². The summed E-state index contributed by atoms with van der Waals surface area (Å²) >= 11 is 0. The van der Waals surface area contributed by atoms with Gasteiger partial charge in [-0.3, -0.25) is 0 Å². The summed E-state index contributed by atoms with van der Waals surface area (Å²) in [6.45, 7) is 3.22. The van der Waals surface area contributed by atoms with E-state index >= 15 is 0 Å².